The Morgan fingerprint density at radius 1 is 1.38 bits per heavy atom. The molecule has 1 aromatic rings. The van der Waals surface area contributed by atoms with E-state index >= 15 is 0 Å². The molecule has 1 aromatic heterocycles. The summed E-state index contributed by atoms with van der Waals surface area (Å²) in [7, 11) is 1.97. The number of aromatic nitrogens is 2. The highest BCUT2D eigenvalue weighted by Crippen LogP contribution is 1.76. The Kier molecular flexibility index (Phi) is 1.28. The number of nitrogens with zero attached hydrogens (tertiary/aromatic N) is 2. The molecule has 0 radical (unpaired) electrons. The van der Waals surface area contributed by atoms with Gasteiger partial charge in [-0.15, -0.1) is 0 Å². The van der Waals surface area contributed by atoms with Crippen molar-refractivity contribution in [3.8, 4) is 0 Å². The van der Waals surface area contributed by atoms with Crippen LogP contribution in [0, 0.1) is 6.92 Å². The van der Waals surface area contributed by atoms with Crippen LogP contribution in [0.25, 0.3) is 0 Å². The predicted octanol–water partition coefficient (Wildman–Crippen LogP) is -0.957. The van der Waals surface area contributed by atoms with Gasteiger partial charge < -0.3 is 0 Å². The van der Waals surface area contributed by atoms with Gasteiger partial charge in [-0.2, -0.15) is 0 Å². The summed E-state index contributed by atoms with van der Waals surface area (Å²) in [5.41, 5.74) is 1.11. The summed E-state index contributed by atoms with van der Waals surface area (Å²) in [4.78, 5) is 7.94. The molecule has 0 aliphatic heterocycles. The second-order valence-electron chi connectivity index (χ2n) is 1.81. The van der Waals surface area contributed by atoms with Gasteiger partial charge in [0.05, 0.1) is 0 Å². The summed E-state index contributed by atoms with van der Waals surface area (Å²) < 4.78 is 0. The van der Waals surface area contributed by atoms with Gasteiger partial charge in [-0.3, -0.25) is 0 Å². The summed E-state index contributed by atoms with van der Waals surface area (Å²) in [6, 6.07) is 0. The Bertz CT molecular complexity index is 149. The molecule has 0 bridgehead atoms. The number of aryl methyl sites for hydroxylation is 1. The highest BCUT2D eigenvalue weighted by molar-refractivity contribution is 6.31. The first-order chi connectivity index (χ1) is 3.79. The van der Waals surface area contributed by atoms with Crippen LogP contribution in [0.5, 0.6) is 0 Å². The van der Waals surface area contributed by atoms with Crippen LogP contribution in [0.4, 0.5) is 0 Å². The lowest BCUT2D eigenvalue weighted by molar-refractivity contribution is 1.06. The number of hydrogen-bond acceptors (Lipinski definition) is 2. The zero-order chi connectivity index (χ0) is 5.98. The molecule has 0 amide bonds. The number of rotatable bonds is 0. The van der Waals surface area contributed by atoms with Crippen molar-refractivity contribution in [2.24, 2.45) is 0 Å². The minimum absolute atomic E-state index is 0.829. The van der Waals surface area contributed by atoms with Gasteiger partial charge >= 0.3 is 0 Å². The molecule has 1 rings (SSSR count). The Morgan fingerprint density at radius 3 is 2.25 bits per heavy atom. The molecule has 1 heterocycles. The third kappa shape index (κ3) is 1.06. The molecule has 8 heavy (non-hydrogen) atoms. The molecule has 0 fully saturated rings. The van der Waals surface area contributed by atoms with Crippen LogP contribution in [-0.2, 0) is 0 Å². The molecule has 40 valence electrons. The molecule has 0 atom stereocenters. The van der Waals surface area contributed by atoms with Crippen LogP contribution >= 0.6 is 0 Å². The van der Waals surface area contributed by atoms with E-state index in [1.54, 1.807) is 0 Å². The molecule has 0 aliphatic rings. The normalized spacial score (nSPS) is 9.12. The van der Waals surface area contributed by atoms with Gasteiger partial charge in [0.15, 0.2) is 0 Å². The summed E-state index contributed by atoms with van der Waals surface area (Å²) >= 11 is 0. The third-order valence-electron chi connectivity index (χ3n) is 0.910. The maximum atomic E-state index is 3.97. The van der Waals surface area contributed by atoms with Gasteiger partial charge in [-0.1, -0.05) is 5.46 Å². The third-order valence-corrected chi connectivity index (χ3v) is 0.910. The average Bonchev–Trinajstić information content (AvgIpc) is 1.77. The Balaban J connectivity index is 3.03. The van der Waals surface area contributed by atoms with Crippen molar-refractivity contribution < 1.29 is 0 Å². The first kappa shape index (κ1) is 5.28. The molecular formula is C5H7BN2. The van der Waals surface area contributed by atoms with E-state index in [1.807, 2.05) is 27.2 Å². The van der Waals surface area contributed by atoms with Crippen LogP contribution in [-0.4, -0.2) is 17.8 Å². The van der Waals surface area contributed by atoms with Gasteiger partial charge in [0.25, 0.3) is 0 Å². The van der Waals surface area contributed by atoms with Gasteiger partial charge in [-0.05, 0) is 6.92 Å². The van der Waals surface area contributed by atoms with E-state index in [0.29, 0.717) is 0 Å². The fraction of sp³-hybridized carbons (Fsp3) is 0.200. The zero-order valence-corrected chi connectivity index (χ0v) is 5.05. The van der Waals surface area contributed by atoms with Crippen LogP contribution in [0.1, 0.15) is 5.82 Å². The van der Waals surface area contributed by atoms with E-state index in [0.717, 1.165) is 11.3 Å². The van der Waals surface area contributed by atoms with Crippen molar-refractivity contribution in [1.82, 2.24) is 9.97 Å². The molecule has 3 heteroatoms. The first-order valence-corrected chi connectivity index (χ1v) is 2.54. The molecule has 0 aromatic carbocycles. The Hall–Kier alpha value is -0.855. The van der Waals surface area contributed by atoms with Gasteiger partial charge in [0.1, 0.15) is 13.7 Å². The van der Waals surface area contributed by atoms with E-state index in [2.05, 4.69) is 9.97 Å². The Labute approximate surface area is 49.4 Å². The van der Waals surface area contributed by atoms with Crippen LogP contribution in [0.2, 0.25) is 0 Å². The van der Waals surface area contributed by atoms with Gasteiger partial charge in [0, 0.05) is 12.4 Å². The highest BCUT2D eigenvalue weighted by Gasteiger charge is 1.82. The van der Waals surface area contributed by atoms with Gasteiger partial charge in [0.2, 0.25) is 0 Å². The Morgan fingerprint density at radius 2 is 1.88 bits per heavy atom. The molecule has 2 nitrogen and oxygen atoms in total. The molecular weight excluding hydrogens is 98.9 g/mol. The van der Waals surface area contributed by atoms with E-state index in [9.17, 15) is 0 Å². The van der Waals surface area contributed by atoms with E-state index < -0.39 is 0 Å². The molecule has 0 aliphatic carbocycles. The lowest BCUT2D eigenvalue weighted by Crippen LogP contribution is -2.04. The van der Waals surface area contributed by atoms with Crippen LogP contribution in [0.3, 0.4) is 0 Å². The van der Waals surface area contributed by atoms with Gasteiger partial charge in [-0.25, -0.2) is 9.97 Å². The maximum Gasteiger partial charge on any atom is 0.143 e. The lowest BCUT2D eigenvalue weighted by Gasteiger charge is -1.88. The van der Waals surface area contributed by atoms with Crippen molar-refractivity contribution in [1.29, 1.82) is 0 Å². The van der Waals surface area contributed by atoms with E-state index in [1.165, 1.54) is 0 Å². The van der Waals surface area contributed by atoms with E-state index in [4.69, 9.17) is 0 Å². The molecule has 0 saturated carbocycles. The van der Waals surface area contributed by atoms with Crippen molar-refractivity contribution in [2.75, 3.05) is 0 Å². The second-order valence-corrected chi connectivity index (χ2v) is 1.81. The zero-order valence-electron chi connectivity index (χ0n) is 5.05. The van der Waals surface area contributed by atoms with Crippen molar-refractivity contribution in [3.63, 3.8) is 0 Å². The second kappa shape index (κ2) is 1.94. The molecule has 0 N–H and O–H groups in total. The fourth-order valence-electron chi connectivity index (χ4n) is 0.457. The van der Waals surface area contributed by atoms with Crippen molar-refractivity contribution in [3.05, 3.63) is 18.2 Å². The summed E-state index contributed by atoms with van der Waals surface area (Å²) in [5.74, 6) is 0.829. The highest BCUT2D eigenvalue weighted by atomic mass is 14.8. The molecule has 0 spiro atoms. The van der Waals surface area contributed by atoms with Crippen LogP contribution < -0.4 is 5.46 Å². The predicted molar refractivity (Wildman–Crippen MR) is 34.9 cm³/mol. The van der Waals surface area contributed by atoms with Crippen molar-refractivity contribution >= 4 is 13.3 Å². The molecule has 0 saturated heterocycles. The molecule has 0 unspecified atom stereocenters. The van der Waals surface area contributed by atoms with Crippen molar-refractivity contribution in [2.45, 2.75) is 6.92 Å². The average molecular weight is 106 g/mol. The minimum atomic E-state index is 0.829. The minimum Gasteiger partial charge on any atom is -0.242 e. The first-order valence-electron chi connectivity index (χ1n) is 2.54. The smallest absolute Gasteiger partial charge is 0.143 e. The van der Waals surface area contributed by atoms with Crippen LogP contribution in [0.15, 0.2) is 12.4 Å². The summed E-state index contributed by atoms with van der Waals surface area (Å²) in [5, 5.41) is 0. The quantitative estimate of drug-likeness (QED) is 0.398. The summed E-state index contributed by atoms with van der Waals surface area (Å²) in [6.07, 6.45) is 3.62. The van der Waals surface area contributed by atoms with E-state index in [-0.39, 0.29) is 0 Å². The lowest BCUT2D eigenvalue weighted by atomic mass is 10.0. The fourth-order valence-corrected chi connectivity index (χ4v) is 0.457. The monoisotopic (exact) mass is 106 g/mol. The SMILES string of the molecule is Bc1cnc(C)nc1. The topological polar surface area (TPSA) is 25.8 Å². The standard InChI is InChI=1S/C5H7BN2/c1-4-7-2-5(6)3-8-4/h2-3H,6H2,1H3. The number of hydrogen-bond donors (Lipinski definition) is 0. The maximum absolute atomic E-state index is 3.97. The summed E-state index contributed by atoms with van der Waals surface area (Å²) in [6.45, 7) is 1.87. The largest absolute Gasteiger partial charge is 0.242 e.